The maximum Gasteiger partial charge on any atom is 0.225 e. The van der Waals surface area contributed by atoms with Gasteiger partial charge in [-0.1, -0.05) is 66.7 Å². The molecule has 0 N–H and O–H groups in total. The molecule has 3 aromatic carbocycles. The average Bonchev–Trinajstić information content (AvgIpc) is 3.39. The largest absolute Gasteiger partial charge is 0.337 e. The molecule has 1 heterocycles. The van der Waals surface area contributed by atoms with Crippen LogP contribution in [0, 0.1) is 11.7 Å². The molecule has 1 saturated heterocycles. The van der Waals surface area contributed by atoms with Gasteiger partial charge in [0.15, 0.2) is 9.84 Å². The monoisotopic (exact) mass is 613 g/mol. The van der Waals surface area contributed by atoms with Gasteiger partial charge in [-0.05, 0) is 104 Å². The lowest BCUT2D eigenvalue weighted by Gasteiger charge is -2.43. The summed E-state index contributed by atoms with van der Waals surface area (Å²) in [6, 6.07) is 16.2. The number of carbonyl (C=O) groups excluding carboxylic acids is 1. The van der Waals surface area contributed by atoms with Crippen LogP contribution in [-0.2, 0) is 38.6 Å². The highest BCUT2D eigenvalue weighted by Crippen LogP contribution is 2.53. The van der Waals surface area contributed by atoms with Crippen molar-refractivity contribution in [1.29, 1.82) is 0 Å². The SMILES string of the molecule is O=C(C1CCCCC1)N1CCC2(S(=O)(=O)c3ccc(F)cc3)c3ccc(CCc4c(Cl)cccc4Cl)cc3CCC12. The normalized spacial score (nSPS) is 22.8. The summed E-state index contributed by atoms with van der Waals surface area (Å²) in [6.45, 7) is 0.409. The quantitative estimate of drug-likeness (QED) is 0.267. The van der Waals surface area contributed by atoms with Gasteiger partial charge >= 0.3 is 0 Å². The van der Waals surface area contributed by atoms with Gasteiger partial charge < -0.3 is 4.90 Å². The molecule has 6 rings (SSSR count). The lowest BCUT2D eigenvalue weighted by Crippen LogP contribution is -2.53. The topological polar surface area (TPSA) is 54.5 Å². The van der Waals surface area contributed by atoms with E-state index in [0.717, 1.165) is 54.4 Å². The zero-order chi connectivity index (χ0) is 28.8. The van der Waals surface area contributed by atoms with Crippen LogP contribution in [0.1, 0.15) is 67.2 Å². The van der Waals surface area contributed by atoms with Crippen LogP contribution in [0.3, 0.4) is 0 Å². The second-order valence-electron chi connectivity index (χ2n) is 11.7. The summed E-state index contributed by atoms with van der Waals surface area (Å²) >= 11 is 12.8. The van der Waals surface area contributed by atoms with Crippen molar-refractivity contribution in [2.45, 2.75) is 79.9 Å². The van der Waals surface area contributed by atoms with Crippen LogP contribution in [0.15, 0.2) is 65.6 Å². The Morgan fingerprint density at radius 2 is 1.63 bits per heavy atom. The van der Waals surface area contributed by atoms with Gasteiger partial charge in [0.05, 0.1) is 10.9 Å². The highest BCUT2D eigenvalue weighted by molar-refractivity contribution is 7.92. The molecule has 0 radical (unpaired) electrons. The van der Waals surface area contributed by atoms with Crippen LogP contribution in [0.4, 0.5) is 4.39 Å². The molecule has 0 aromatic heterocycles. The molecule has 3 aromatic rings. The number of likely N-dealkylation sites (tertiary alicyclic amines) is 1. The smallest absolute Gasteiger partial charge is 0.225 e. The Kier molecular flexibility index (Phi) is 7.94. The minimum Gasteiger partial charge on any atom is -0.337 e. The van der Waals surface area contributed by atoms with Crippen molar-refractivity contribution >= 4 is 38.9 Å². The molecular formula is C33H34Cl2FNO3S. The number of aryl methyl sites for hydroxylation is 2. The molecule has 0 spiro atoms. The van der Waals surface area contributed by atoms with Crippen molar-refractivity contribution in [2.24, 2.45) is 5.92 Å². The molecule has 2 atom stereocenters. The number of carbonyl (C=O) groups is 1. The highest BCUT2D eigenvalue weighted by atomic mass is 35.5. The van der Waals surface area contributed by atoms with Crippen molar-refractivity contribution in [2.75, 3.05) is 6.54 Å². The number of benzene rings is 3. The van der Waals surface area contributed by atoms with Crippen LogP contribution < -0.4 is 0 Å². The van der Waals surface area contributed by atoms with E-state index in [1.165, 1.54) is 24.3 Å². The molecule has 4 nitrogen and oxygen atoms in total. The number of nitrogens with zero attached hydrogens (tertiary/aromatic N) is 1. The first-order valence-corrected chi connectivity index (χ1v) is 16.8. The van der Waals surface area contributed by atoms with Gasteiger partial charge in [-0.15, -0.1) is 0 Å². The minimum absolute atomic E-state index is 0.0338. The Morgan fingerprint density at radius 3 is 2.34 bits per heavy atom. The number of hydrogen-bond donors (Lipinski definition) is 0. The molecule has 3 aliphatic rings. The van der Waals surface area contributed by atoms with E-state index in [4.69, 9.17) is 23.2 Å². The first-order valence-electron chi connectivity index (χ1n) is 14.6. The molecule has 216 valence electrons. The second-order valence-corrected chi connectivity index (χ2v) is 14.7. The molecule has 2 unspecified atom stereocenters. The Labute approximate surface area is 251 Å². The van der Waals surface area contributed by atoms with Crippen LogP contribution in [0.2, 0.25) is 10.0 Å². The summed E-state index contributed by atoms with van der Waals surface area (Å²) < 4.78 is 41.7. The van der Waals surface area contributed by atoms with Crippen LogP contribution in [0.25, 0.3) is 0 Å². The summed E-state index contributed by atoms with van der Waals surface area (Å²) in [5, 5.41) is 1.27. The predicted octanol–water partition coefficient (Wildman–Crippen LogP) is 7.71. The Morgan fingerprint density at radius 1 is 0.927 bits per heavy atom. The fourth-order valence-electron chi connectivity index (χ4n) is 7.45. The number of sulfone groups is 1. The Hall–Kier alpha value is -2.41. The molecule has 1 aliphatic heterocycles. The number of amides is 1. The van der Waals surface area contributed by atoms with Gasteiger partial charge in [-0.25, -0.2) is 12.8 Å². The van der Waals surface area contributed by atoms with Crippen LogP contribution >= 0.6 is 23.2 Å². The summed E-state index contributed by atoms with van der Waals surface area (Å²) in [5.41, 5.74) is 3.76. The van der Waals surface area contributed by atoms with E-state index in [2.05, 4.69) is 6.07 Å². The average molecular weight is 615 g/mol. The third kappa shape index (κ3) is 5.00. The zero-order valence-electron chi connectivity index (χ0n) is 22.9. The summed E-state index contributed by atoms with van der Waals surface area (Å²) in [5.74, 6) is -0.415. The van der Waals surface area contributed by atoms with E-state index in [-0.39, 0.29) is 16.7 Å². The van der Waals surface area contributed by atoms with Crippen molar-refractivity contribution in [3.05, 3.63) is 98.8 Å². The summed E-state index contributed by atoms with van der Waals surface area (Å²) in [4.78, 5) is 15.8. The molecular weight excluding hydrogens is 580 g/mol. The molecule has 8 heteroatoms. The van der Waals surface area contributed by atoms with Gasteiger partial charge in [0.1, 0.15) is 10.6 Å². The van der Waals surface area contributed by atoms with E-state index >= 15 is 0 Å². The molecule has 41 heavy (non-hydrogen) atoms. The summed E-state index contributed by atoms with van der Waals surface area (Å²) in [7, 11) is -3.96. The molecule has 1 saturated carbocycles. The maximum absolute atomic E-state index is 14.6. The molecule has 2 fully saturated rings. The van der Waals surface area contributed by atoms with Gasteiger partial charge in [0.2, 0.25) is 5.91 Å². The number of hydrogen-bond acceptors (Lipinski definition) is 3. The van der Waals surface area contributed by atoms with Crippen LogP contribution in [-0.4, -0.2) is 31.8 Å². The van der Waals surface area contributed by atoms with E-state index in [9.17, 15) is 17.6 Å². The molecule has 1 amide bonds. The molecule has 0 bridgehead atoms. The molecule has 2 aliphatic carbocycles. The number of fused-ring (bicyclic) bond motifs is 3. The first-order chi connectivity index (χ1) is 19.7. The van der Waals surface area contributed by atoms with E-state index in [0.29, 0.717) is 48.7 Å². The van der Waals surface area contributed by atoms with Gasteiger partial charge in [-0.3, -0.25) is 4.79 Å². The van der Waals surface area contributed by atoms with E-state index in [1.807, 2.05) is 35.2 Å². The van der Waals surface area contributed by atoms with Gasteiger partial charge in [-0.2, -0.15) is 0 Å². The minimum atomic E-state index is -3.96. The van der Waals surface area contributed by atoms with E-state index < -0.39 is 26.4 Å². The van der Waals surface area contributed by atoms with Crippen molar-refractivity contribution in [3.63, 3.8) is 0 Å². The third-order valence-corrected chi connectivity index (χ3v) is 12.8. The fraction of sp³-hybridized carbons (Fsp3) is 0.424. The second kappa shape index (κ2) is 11.3. The number of halogens is 3. The zero-order valence-corrected chi connectivity index (χ0v) is 25.2. The Balaban J connectivity index is 1.39. The third-order valence-electron chi connectivity index (χ3n) is 9.52. The fourth-order valence-corrected chi connectivity index (χ4v) is 10.4. The predicted molar refractivity (Wildman–Crippen MR) is 161 cm³/mol. The van der Waals surface area contributed by atoms with Crippen molar-refractivity contribution < 1.29 is 17.6 Å². The van der Waals surface area contributed by atoms with Crippen molar-refractivity contribution in [3.8, 4) is 0 Å². The Bertz CT molecular complexity index is 1550. The van der Waals surface area contributed by atoms with Crippen LogP contribution in [0.5, 0.6) is 0 Å². The highest BCUT2D eigenvalue weighted by Gasteiger charge is 2.61. The first kappa shape index (κ1) is 28.7. The van der Waals surface area contributed by atoms with E-state index in [1.54, 1.807) is 0 Å². The standard InChI is InChI=1S/C33H34Cl2FNO3S/c34-29-7-4-8-30(35)27(29)16-9-22-10-17-28-24(21-22)11-18-31-33(28,41(39,40)26-14-12-25(36)13-15-26)19-20-37(31)32(38)23-5-2-1-3-6-23/h4,7-8,10,12-15,17,21,23,31H,1-3,5-6,9,11,16,18-20H2. The lowest BCUT2D eigenvalue weighted by molar-refractivity contribution is -0.137. The number of rotatable bonds is 6. The maximum atomic E-state index is 14.6. The van der Waals surface area contributed by atoms with Gasteiger partial charge in [0, 0.05) is 22.5 Å². The lowest BCUT2D eigenvalue weighted by atomic mass is 9.77. The van der Waals surface area contributed by atoms with Gasteiger partial charge in [0.25, 0.3) is 0 Å². The summed E-state index contributed by atoms with van der Waals surface area (Å²) in [6.07, 6.45) is 7.95. The van der Waals surface area contributed by atoms with Crippen molar-refractivity contribution in [1.82, 2.24) is 4.90 Å².